The summed E-state index contributed by atoms with van der Waals surface area (Å²) in [5.74, 6) is -0.686. The first-order valence-corrected chi connectivity index (χ1v) is 10.8. The highest BCUT2D eigenvalue weighted by molar-refractivity contribution is 7.89. The van der Waals surface area contributed by atoms with Crippen molar-refractivity contribution < 1.29 is 23.1 Å². The van der Waals surface area contributed by atoms with E-state index >= 15 is 0 Å². The molecule has 0 aliphatic heterocycles. The van der Waals surface area contributed by atoms with Gasteiger partial charge < -0.3 is 9.84 Å². The first-order valence-electron chi connectivity index (χ1n) is 9.38. The smallest absolute Gasteiger partial charge is 0.322 e. The molecule has 0 saturated heterocycles. The Bertz CT molecular complexity index is 1070. The summed E-state index contributed by atoms with van der Waals surface area (Å²) in [6.45, 7) is -0.0565. The van der Waals surface area contributed by atoms with E-state index in [0.29, 0.717) is 11.3 Å². The molecule has 0 spiro atoms. The molecule has 156 valence electrons. The van der Waals surface area contributed by atoms with Crippen LogP contribution in [0.15, 0.2) is 89.8 Å². The number of ether oxygens (including phenoxy) is 1. The van der Waals surface area contributed by atoms with E-state index in [4.69, 9.17) is 4.74 Å². The molecule has 1 atom stereocenters. The first-order chi connectivity index (χ1) is 14.4. The summed E-state index contributed by atoms with van der Waals surface area (Å²) in [5.41, 5.74) is 1.45. The number of sulfonamides is 1. The van der Waals surface area contributed by atoms with Gasteiger partial charge in [-0.15, -0.1) is 0 Å². The van der Waals surface area contributed by atoms with Crippen molar-refractivity contribution in [2.24, 2.45) is 0 Å². The van der Waals surface area contributed by atoms with Crippen molar-refractivity contribution in [2.45, 2.75) is 23.9 Å². The van der Waals surface area contributed by atoms with E-state index in [9.17, 15) is 18.3 Å². The van der Waals surface area contributed by atoms with Crippen molar-refractivity contribution in [3.63, 3.8) is 0 Å². The molecule has 0 saturated carbocycles. The number of rotatable bonds is 9. The molecule has 3 rings (SSSR count). The summed E-state index contributed by atoms with van der Waals surface area (Å²) < 4.78 is 33.1. The molecule has 0 bridgehead atoms. The van der Waals surface area contributed by atoms with Crippen LogP contribution < -0.4 is 4.74 Å². The predicted octanol–water partition coefficient (Wildman–Crippen LogP) is 3.58. The normalized spacial score (nSPS) is 12.5. The molecule has 0 aliphatic rings. The Morgan fingerprint density at radius 1 is 0.900 bits per heavy atom. The molecule has 7 heteroatoms. The Hall–Kier alpha value is -3.16. The number of benzene rings is 3. The molecule has 30 heavy (non-hydrogen) atoms. The fourth-order valence-corrected chi connectivity index (χ4v) is 4.73. The van der Waals surface area contributed by atoms with Gasteiger partial charge in [-0.2, -0.15) is 4.31 Å². The van der Waals surface area contributed by atoms with E-state index in [0.717, 1.165) is 9.87 Å². The molecule has 0 amide bonds. The van der Waals surface area contributed by atoms with Gasteiger partial charge in [-0.3, -0.25) is 4.79 Å². The van der Waals surface area contributed by atoms with Crippen LogP contribution in [0.25, 0.3) is 0 Å². The van der Waals surface area contributed by atoms with Crippen molar-refractivity contribution in [3.8, 4) is 5.75 Å². The van der Waals surface area contributed by atoms with Crippen LogP contribution in [0.2, 0.25) is 0 Å². The number of methoxy groups -OCH3 is 1. The summed E-state index contributed by atoms with van der Waals surface area (Å²) in [6, 6.07) is 22.6. The maximum absolute atomic E-state index is 13.5. The maximum Gasteiger partial charge on any atom is 0.322 e. The number of carbonyl (C=O) groups is 1. The van der Waals surface area contributed by atoms with E-state index < -0.39 is 22.0 Å². The Kier molecular flexibility index (Phi) is 6.87. The van der Waals surface area contributed by atoms with Crippen molar-refractivity contribution in [2.75, 3.05) is 7.11 Å². The second kappa shape index (κ2) is 9.56. The Morgan fingerprint density at radius 3 is 1.93 bits per heavy atom. The lowest BCUT2D eigenvalue weighted by Gasteiger charge is -2.28. The molecular formula is C23H23NO5S. The van der Waals surface area contributed by atoms with Crippen LogP contribution in [0.4, 0.5) is 0 Å². The predicted molar refractivity (Wildman–Crippen MR) is 114 cm³/mol. The van der Waals surface area contributed by atoms with Gasteiger partial charge in [0.15, 0.2) is 0 Å². The molecule has 3 aromatic carbocycles. The lowest BCUT2D eigenvalue weighted by molar-refractivity contribution is -0.141. The fraction of sp³-hybridized carbons (Fsp3) is 0.174. The van der Waals surface area contributed by atoms with Crippen LogP contribution in [0.3, 0.4) is 0 Å². The highest BCUT2D eigenvalue weighted by Crippen LogP contribution is 2.25. The molecule has 0 radical (unpaired) electrons. The lowest BCUT2D eigenvalue weighted by atomic mass is 10.1. The van der Waals surface area contributed by atoms with Crippen LogP contribution in [-0.4, -0.2) is 37.0 Å². The van der Waals surface area contributed by atoms with E-state index in [1.54, 1.807) is 60.7 Å². The van der Waals surface area contributed by atoms with Gasteiger partial charge in [0.1, 0.15) is 11.8 Å². The van der Waals surface area contributed by atoms with E-state index in [1.807, 2.05) is 12.1 Å². The highest BCUT2D eigenvalue weighted by atomic mass is 32.2. The number of aliphatic carboxylic acids is 1. The van der Waals surface area contributed by atoms with Gasteiger partial charge in [0, 0.05) is 6.54 Å². The van der Waals surface area contributed by atoms with Gasteiger partial charge in [-0.1, -0.05) is 60.7 Å². The minimum absolute atomic E-state index is 0.0125. The first kappa shape index (κ1) is 21.5. The average Bonchev–Trinajstić information content (AvgIpc) is 2.77. The highest BCUT2D eigenvalue weighted by Gasteiger charge is 2.36. The van der Waals surface area contributed by atoms with Gasteiger partial charge in [0.05, 0.1) is 12.0 Å². The van der Waals surface area contributed by atoms with Crippen LogP contribution >= 0.6 is 0 Å². The molecule has 0 unspecified atom stereocenters. The molecule has 0 aliphatic carbocycles. The summed E-state index contributed by atoms with van der Waals surface area (Å²) in [5, 5.41) is 9.95. The summed E-state index contributed by atoms with van der Waals surface area (Å²) in [4.78, 5) is 12.2. The van der Waals surface area contributed by atoms with Gasteiger partial charge >= 0.3 is 5.97 Å². The van der Waals surface area contributed by atoms with Gasteiger partial charge in [-0.25, -0.2) is 8.42 Å². The second-order valence-corrected chi connectivity index (χ2v) is 8.65. The molecule has 0 fully saturated rings. The Labute approximate surface area is 176 Å². The Morgan fingerprint density at radius 2 is 1.43 bits per heavy atom. The maximum atomic E-state index is 13.5. The topological polar surface area (TPSA) is 83.9 Å². The largest absolute Gasteiger partial charge is 0.497 e. The van der Waals surface area contributed by atoms with Gasteiger partial charge in [0.25, 0.3) is 0 Å². The van der Waals surface area contributed by atoms with Crippen molar-refractivity contribution in [3.05, 3.63) is 96.1 Å². The Balaban J connectivity index is 2.04. The summed E-state index contributed by atoms with van der Waals surface area (Å²) >= 11 is 0. The number of hydrogen-bond donors (Lipinski definition) is 1. The van der Waals surface area contributed by atoms with E-state index in [1.165, 1.54) is 19.2 Å². The zero-order chi connectivity index (χ0) is 21.6. The summed E-state index contributed by atoms with van der Waals surface area (Å²) in [7, 11) is -2.60. The zero-order valence-electron chi connectivity index (χ0n) is 16.5. The standard InChI is InChI=1S/C23H23NO5S/c1-29-20-12-14-21(15-13-20)30(27,28)24(17-19-10-6-3-7-11-19)22(23(25)26)16-18-8-4-2-5-9-18/h2-15,22H,16-17H2,1H3,(H,25,26)/t22-/m1/s1. The molecule has 0 aromatic heterocycles. The monoisotopic (exact) mass is 425 g/mol. The second-order valence-electron chi connectivity index (χ2n) is 6.76. The van der Waals surface area contributed by atoms with E-state index in [2.05, 4.69) is 0 Å². The van der Waals surface area contributed by atoms with Crippen LogP contribution in [0, 0.1) is 0 Å². The average molecular weight is 426 g/mol. The van der Waals surface area contributed by atoms with Crippen molar-refractivity contribution in [1.82, 2.24) is 4.31 Å². The molecule has 0 heterocycles. The van der Waals surface area contributed by atoms with Crippen LogP contribution in [0.5, 0.6) is 5.75 Å². The SMILES string of the molecule is COc1ccc(S(=O)(=O)N(Cc2ccccc2)[C@H](Cc2ccccc2)C(=O)O)cc1. The van der Waals surface area contributed by atoms with Crippen molar-refractivity contribution >= 4 is 16.0 Å². The van der Waals surface area contributed by atoms with E-state index in [-0.39, 0.29) is 17.9 Å². The minimum atomic E-state index is -4.09. The molecule has 1 N–H and O–H groups in total. The van der Waals surface area contributed by atoms with Crippen LogP contribution in [0.1, 0.15) is 11.1 Å². The third kappa shape index (κ3) is 5.06. The van der Waals surface area contributed by atoms with Gasteiger partial charge in [0.2, 0.25) is 10.0 Å². The van der Waals surface area contributed by atoms with Crippen LogP contribution in [-0.2, 0) is 27.8 Å². The number of hydrogen-bond acceptors (Lipinski definition) is 4. The third-order valence-corrected chi connectivity index (χ3v) is 6.62. The molecule has 3 aromatic rings. The minimum Gasteiger partial charge on any atom is -0.497 e. The number of nitrogens with zero attached hydrogens (tertiary/aromatic N) is 1. The zero-order valence-corrected chi connectivity index (χ0v) is 17.3. The fourth-order valence-electron chi connectivity index (χ4n) is 3.16. The quantitative estimate of drug-likeness (QED) is 0.567. The van der Waals surface area contributed by atoms with Gasteiger partial charge in [-0.05, 0) is 41.8 Å². The number of carboxylic acids is 1. The van der Waals surface area contributed by atoms with Crippen molar-refractivity contribution in [1.29, 1.82) is 0 Å². The molecular weight excluding hydrogens is 402 g/mol. The molecule has 6 nitrogen and oxygen atoms in total. The lowest BCUT2D eigenvalue weighted by Crippen LogP contribution is -2.45. The summed E-state index contributed by atoms with van der Waals surface area (Å²) in [6.07, 6.45) is 0.0540. The third-order valence-electron chi connectivity index (χ3n) is 4.75. The number of carboxylic acid groups (broad SMARTS) is 1.